The number of benzene rings is 2. The van der Waals surface area contributed by atoms with Crippen molar-refractivity contribution in [2.75, 3.05) is 15.5 Å². The van der Waals surface area contributed by atoms with Crippen molar-refractivity contribution in [2.45, 2.75) is 17.5 Å². The SMILES string of the molecule is NC(=O)N(C1=CCC(Cl)(C(=O)Nc2cccc(C(=O)Nc3cccnc3)c2)C=C1)c1ccccc1C(F)(F)F. The first-order valence-corrected chi connectivity index (χ1v) is 11.8. The Morgan fingerprint density at radius 2 is 1.74 bits per heavy atom. The maximum atomic E-state index is 13.5. The molecule has 1 aromatic heterocycles. The van der Waals surface area contributed by atoms with Crippen LogP contribution in [0.3, 0.4) is 0 Å². The minimum absolute atomic E-state index is 0.0253. The lowest BCUT2D eigenvalue weighted by molar-refractivity contribution is -0.137. The molecule has 0 spiro atoms. The van der Waals surface area contributed by atoms with Gasteiger partial charge in [-0.05, 0) is 55.0 Å². The monoisotopic (exact) mass is 555 g/mol. The van der Waals surface area contributed by atoms with E-state index in [0.717, 1.165) is 12.1 Å². The first-order valence-electron chi connectivity index (χ1n) is 11.4. The number of nitrogens with one attached hydrogen (secondary N) is 2. The highest BCUT2D eigenvalue weighted by atomic mass is 35.5. The van der Waals surface area contributed by atoms with Crippen LogP contribution in [0.15, 0.2) is 97.0 Å². The van der Waals surface area contributed by atoms with Gasteiger partial charge in [0.2, 0.25) is 5.91 Å². The van der Waals surface area contributed by atoms with Crippen molar-refractivity contribution in [1.29, 1.82) is 0 Å². The van der Waals surface area contributed by atoms with Crippen molar-refractivity contribution in [3.8, 4) is 0 Å². The number of allylic oxidation sites excluding steroid dienone is 2. The van der Waals surface area contributed by atoms with Crippen LogP contribution in [0.4, 0.5) is 35.0 Å². The smallest absolute Gasteiger partial charge is 0.351 e. The highest BCUT2D eigenvalue weighted by molar-refractivity contribution is 6.38. The molecule has 0 saturated heterocycles. The third-order valence-electron chi connectivity index (χ3n) is 5.73. The van der Waals surface area contributed by atoms with Gasteiger partial charge in [0.05, 0.1) is 23.1 Å². The molecule has 200 valence electrons. The van der Waals surface area contributed by atoms with Crippen LogP contribution in [0.5, 0.6) is 0 Å². The number of rotatable bonds is 6. The zero-order valence-electron chi connectivity index (χ0n) is 20.1. The van der Waals surface area contributed by atoms with Gasteiger partial charge in [-0.15, -0.1) is 11.6 Å². The normalized spacial score (nSPS) is 16.7. The number of urea groups is 1. The summed E-state index contributed by atoms with van der Waals surface area (Å²) >= 11 is 6.54. The second-order valence-corrected chi connectivity index (χ2v) is 9.12. The first kappa shape index (κ1) is 27.4. The molecule has 12 heteroatoms. The maximum absolute atomic E-state index is 13.5. The summed E-state index contributed by atoms with van der Waals surface area (Å²) < 4.78 is 40.6. The number of alkyl halides is 4. The van der Waals surface area contributed by atoms with Gasteiger partial charge in [-0.2, -0.15) is 13.2 Å². The van der Waals surface area contributed by atoms with Crippen molar-refractivity contribution >= 4 is 46.5 Å². The molecule has 4 N–H and O–H groups in total. The summed E-state index contributed by atoms with van der Waals surface area (Å²) in [6, 6.07) is 12.9. The van der Waals surface area contributed by atoms with Crippen LogP contribution in [0.1, 0.15) is 22.3 Å². The average molecular weight is 556 g/mol. The Bertz CT molecular complexity index is 1480. The summed E-state index contributed by atoms with van der Waals surface area (Å²) in [6.07, 6.45) is 2.03. The minimum atomic E-state index is -4.73. The van der Waals surface area contributed by atoms with Crippen LogP contribution in [-0.4, -0.2) is 27.7 Å². The molecule has 0 bridgehead atoms. The van der Waals surface area contributed by atoms with Gasteiger partial charge in [-0.1, -0.05) is 30.4 Å². The summed E-state index contributed by atoms with van der Waals surface area (Å²) in [4.78, 5) is 40.8. The molecule has 4 amide bonds. The summed E-state index contributed by atoms with van der Waals surface area (Å²) in [5.74, 6) is -1.07. The summed E-state index contributed by atoms with van der Waals surface area (Å²) in [5.41, 5.74) is 5.00. The molecule has 4 rings (SSSR count). The van der Waals surface area contributed by atoms with E-state index in [1.54, 1.807) is 36.5 Å². The lowest BCUT2D eigenvalue weighted by Gasteiger charge is -2.30. The number of carbonyl (C=O) groups excluding carboxylic acids is 3. The first-order chi connectivity index (χ1) is 18.5. The molecule has 0 radical (unpaired) electrons. The fourth-order valence-electron chi connectivity index (χ4n) is 3.85. The van der Waals surface area contributed by atoms with Gasteiger partial charge in [0.25, 0.3) is 5.91 Å². The van der Waals surface area contributed by atoms with E-state index in [4.69, 9.17) is 17.3 Å². The lowest BCUT2D eigenvalue weighted by atomic mass is 9.96. The van der Waals surface area contributed by atoms with Crippen molar-refractivity contribution in [3.63, 3.8) is 0 Å². The Morgan fingerprint density at radius 3 is 2.38 bits per heavy atom. The van der Waals surface area contributed by atoms with Gasteiger partial charge < -0.3 is 16.4 Å². The van der Waals surface area contributed by atoms with Gasteiger partial charge in [-0.25, -0.2) is 4.79 Å². The number of hydrogen-bond donors (Lipinski definition) is 3. The van der Waals surface area contributed by atoms with E-state index in [0.29, 0.717) is 16.3 Å². The number of pyridine rings is 1. The molecular formula is C27H21ClF3N5O3. The van der Waals surface area contributed by atoms with Crippen LogP contribution < -0.4 is 21.3 Å². The van der Waals surface area contributed by atoms with Crippen LogP contribution in [0.2, 0.25) is 0 Å². The van der Waals surface area contributed by atoms with Gasteiger partial charge >= 0.3 is 12.2 Å². The standard InChI is InChI=1S/C27H21ClF3N5O3/c28-26(24(38)35-18-6-3-5-17(15-18)23(37)34-19-7-4-14-33-16-19)12-10-20(11-13-26)36(25(32)39)22-9-2-1-8-21(22)27(29,30)31/h1-12,14-16H,13H2,(H2,32,39)(H,34,37)(H,35,38). The number of halogens is 4. The quantitative estimate of drug-likeness (QED) is 0.338. The lowest BCUT2D eigenvalue weighted by Crippen LogP contribution is -2.40. The number of carbonyl (C=O) groups is 3. The van der Waals surface area contributed by atoms with E-state index in [1.807, 2.05) is 0 Å². The fourth-order valence-corrected chi connectivity index (χ4v) is 4.03. The second-order valence-electron chi connectivity index (χ2n) is 8.45. The van der Waals surface area contributed by atoms with Crippen molar-refractivity contribution in [1.82, 2.24) is 4.98 Å². The molecule has 1 aliphatic rings. The molecule has 1 heterocycles. The molecule has 0 fully saturated rings. The number of hydrogen-bond acceptors (Lipinski definition) is 4. The van der Waals surface area contributed by atoms with Gasteiger partial charge in [0.15, 0.2) is 0 Å². The molecule has 1 unspecified atom stereocenters. The van der Waals surface area contributed by atoms with E-state index >= 15 is 0 Å². The van der Waals surface area contributed by atoms with E-state index in [-0.39, 0.29) is 17.7 Å². The maximum Gasteiger partial charge on any atom is 0.418 e. The van der Waals surface area contributed by atoms with Crippen LogP contribution in [-0.2, 0) is 11.0 Å². The summed E-state index contributed by atoms with van der Waals surface area (Å²) in [7, 11) is 0. The zero-order chi connectivity index (χ0) is 28.2. The van der Waals surface area contributed by atoms with Crippen molar-refractivity contribution in [2.24, 2.45) is 5.73 Å². The molecule has 2 aromatic carbocycles. The molecule has 1 atom stereocenters. The largest absolute Gasteiger partial charge is 0.418 e. The van der Waals surface area contributed by atoms with E-state index in [2.05, 4.69) is 15.6 Å². The topological polar surface area (TPSA) is 117 Å². The Hall–Kier alpha value is -4.64. The number of nitrogens with zero attached hydrogens (tertiary/aromatic N) is 2. The van der Waals surface area contributed by atoms with Gasteiger partial charge in [-0.3, -0.25) is 19.5 Å². The number of amides is 4. The van der Waals surface area contributed by atoms with Crippen LogP contribution in [0.25, 0.3) is 0 Å². The Labute approximate surface area is 226 Å². The molecule has 8 nitrogen and oxygen atoms in total. The minimum Gasteiger partial charge on any atom is -0.351 e. The van der Waals surface area contributed by atoms with Crippen molar-refractivity contribution in [3.05, 3.63) is 108 Å². The summed E-state index contributed by atoms with van der Waals surface area (Å²) in [6.45, 7) is 0. The third-order valence-corrected chi connectivity index (χ3v) is 6.19. The van der Waals surface area contributed by atoms with E-state index < -0.39 is 40.1 Å². The molecule has 1 aliphatic carbocycles. The molecule has 3 aromatic rings. The average Bonchev–Trinajstić information content (AvgIpc) is 2.90. The number of para-hydroxylation sites is 1. The fraction of sp³-hybridized carbons (Fsp3) is 0.111. The predicted molar refractivity (Wildman–Crippen MR) is 141 cm³/mol. The Morgan fingerprint density at radius 1 is 1.00 bits per heavy atom. The van der Waals surface area contributed by atoms with E-state index in [1.165, 1.54) is 42.6 Å². The Balaban J connectivity index is 1.49. The molecule has 0 aliphatic heterocycles. The number of anilines is 3. The highest BCUT2D eigenvalue weighted by Gasteiger charge is 2.38. The van der Waals surface area contributed by atoms with Crippen LogP contribution in [0, 0.1) is 0 Å². The summed E-state index contributed by atoms with van der Waals surface area (Å²) in [5, 5.41) is 5.33. The van der Waals surface area contributed by atoms with Gasteiger partial charge in [0.1, 0.15) is 4.87 Å². The number of aromatic nitrogens is 1. The number of nitrogens with two attached hydrogens (primary N) is 1. The molecule has 39 heavy (non-hydrogen) atoms. The van der Waals surface area contributed by atoms with Crippen molar-refractivity contribution < 1.29 is 27.6 Å². The molecular weight excluding hydrogens is 535 g/mol. The third kappa shape index (κ3) is 6.27. The molecule has 0 saturated carbocycles. The van der Waals surface area contributed by atoms with E-state index in [9.17, 15) is 27.6 Å². The predicted octanol–water partition coefficient (Wildman–Crippen LogP) is 5.70. The van der Waals surface area contributed by atoms with Crippen LogP contribution >= 0.6 is 11.6 Å². The second kappa shape index (κ2) is 11.0. The Kier molecular flexibility index (Phi) is 7.73. The van der Waals surface area contributed by atoms with Gasteiger partial charge in [0, 0.05) is 23.1 Å². The highest BCUT2D eigenvalue weighted by Crippen LogP contribution is 2.39. The number of primary amides is 1. The zero-order valence-corrected chi connectivity index (χ0v) is 20.8.